The zero-order valence-electron chi connectivity index (χ0n) is 22.0. The van der Waals surface area contributed by atoms with Crippen molar-refractivity contribution in [3.63, 3.8) is 0 Å². The number of nitrogens with zero attached hydrogens (tertiary/aromatic N) is 2. The Bertz CT molecular complexity index is 900. The average molecular weight is 503 g/mol. The Hall–Kier alpha value is -2.19. The average Bonchev–Trinajstić information content (AvgIpc) is 3.20. The van der Waals surface area contributed by atoms with E-state index in [0.29, 0.717) is 26.1 Å². The van der Waals surface area contributed by atoms with Gasteiger partial charge in [-0.3, -0.25) is 14.4 Å². The zero-order chi connectivity index (χ0) is 25.9. The van der Waals surface area contributed by atoms with Crippen LogP contribution in [-0.4, -0.2) is 82.3 Å². The van der Waals surface area contributed by atoms with Gasteiger partial charge in [-0.15, -0.1) is 0 Å². The lowest BCUT2D eigenvalue weighted by Gasteiger charge is -2.39. The van der Waals surface area contributed by atoms with Gasteiger partial charge in [0.25, 0.3) is 0 Å². The summed E-state index contributed by atoms with van der Waals surface area (Å²) in [6.45, 7) is 7.24. The smallest absolute Gasteiger partial charge is 0.313 e. The van der Waals surface area contributed by atoms with Gasteiger partial charge < -0.3 is 24.4 Å². The number of rotatable bonds is 8. The van der Waals surface area contributed by atoms with Crippen LogP contribution in [0.3, 0.4) is 0 Å². The first-order chi connectivity index (χ1) is 17.3. The summed E-state index contributed by atoms with van der Waals surface area (Å²) >= 11 is 0. The van der Waals surface area contributed by atoms with E-state index < -0.39 is 35.0 Å². The molecule has 2 saturated heterocycles. The third kappa shape index (κ3) is 4.51. The van der Waals surface area contributed by atoms with Gasteiger partial charge in [0, 0.05) is 25.7 Å². The number of likely N-dealkylation sites (tertiary alicyclic amines) is 1. The Morgan fingerprint density at radius 1 is 1.03 bits per heavy atom. The van der Waals surface area contributed by atoms with Crippen molar-refractivity contribution in [2.75, 3.05) is 26.3 Å². The molecule has 1 N–H and O–H groups in total. The summed E-state index contributed by atoms with van der Waals surface area (Å²) in [6.07, 6.45) is 14.0. The van der Waals surface area contributed by atoms with Crippen LogP contribution in [0.15, 0.2) is 24.3 Å². The molecule has 0 aromatic rings. The number of unbranched alkanes of at least 4 members (excludes halogenated alkanes) is 3. The largest absolute Gasteiger partial charge is 0.465 e. The maximum Gasteiger partial charge on any atom is 0.313 e. The van der Waals surface area contributed by atoms with Crippen LogP contribution in [0.4, 0.5) is 0 Å². The van der Waals surface area contributed by atoms with E-state index in [1.165, 1.54) is 0 Å². The maximum absolute atomic E-state index is 14.2. The van der Waals surface area contributed by atoms with E-state index in [9.17, 15) is 14.4 Å². The van der Waals surface area contributed by atoms with Gasteiger partial charge in [0.2, 0.25) is 11.8 Å². The van der Waals surface area contributed by atoms with Crippen molar-refractivity contribution in [1.82, 2.24) is 9.80 Å². The molecule has 0 bridgehead atoms. The fraction of sp³-hybridized carbons (Fsp3) is 0.750. The van der Waals surface area contributed by atoms with Crippen LogP contribution in [0.1, 0.15) is 72.1 Å². The monoisotopic (exact) mass is 502 g/mol. The van der Waals surface area contributed by atoms with Crippen LogP contribution < -0.4 is 0 Å². The Balaban J connectivity index is 1.79. The molecule has 1 spiro atoms. The standard InChI is InChI=1S/C28H42N2O6/c1-4-27-14-9-5-8-12-19-35-26(34)22(27)21-24(32)30(16-10-6-7-11-18-31)23-25(33)29(20(2)3)17-13-15-28(21,23)36-27/h9,13-15,20-23,31H,4-8,10-12,16-19H2,1-3H3/b14-9-/t21-,22-,23?,27+,28-/m0/s1. The second-order valence-electron chi connectivity index (χ2n) is 10.8. The number of amides is 2. The van der Waals surface area contributed by atoms with Gasteiger partial charge in [-0.2, -0.15) is 0 Å². The van der Waals surface area contributed by atoms with Gasteiger partial charge in [-0.1, -0.05) is 44.1 Å². The van der Waals surface area contributed by atoms with Gasteiger partial charge in [0.05, 0.1) is 12.5 Å². The highest BCUT2D eigenvalue weighted by Crippen LogP contribution is 2.58. The van der Waals surface area contributed by atoms with E-state index in [0.717, 1.165) is 44.9 Å². The molecule has 8 nitrogen and oxygen atoms in total. The molecule has 4 aliphatic rings. The second kappa shape index (κ2) is 11.1. The number of hydrogen-bond acceptors (Lipinski definition) is 6. The number of esters is 1. The number of fused-ring (bicyclic) bond motifs is 2. The van der Waals surface area contributed by atoms with Gasteiger partial charge >= 0.3 is 5.97 Å². The van der Waals surface area contributed by atoms with E-state index in [1.54, 1.807) is 9.80 Å². The zero-order valence-corrected chi connectivity index (χ0v) is 22.0. The Labute approximate surface area is 214 Å². The van der Waals surface area contributed by atoms with Crippen LogP contribution in [-0.2, 0) is 23.9 Å². The summed E-state index contributed by atoms with van der Waals surface area (Å²) < 4.78 is 12.6. The van der Waals surface area contributed by atoms with E-state index in [2.05, 4.69) is 6.08 Å². The van der Waals surface area contributed by atoms with Crippen molar-refractivity contribution in [2.45, 2.75) is 95.4 Å². The fourth-order valence-electron chi connectivity index (χ4n) is 6.51. The molecular formula is C28H42N2O6. The fourth-order valence-corrected chi connectivity index (χ4v) is 6.51. The summed E-state index contributed by atoms with van der Waals surface area (Å²) in [6, 6.07) is -0.860. The van der Waals surface area contributed by atoms with Crippen molar-refractivity contribution in [1.29, 1.82) is 0 Å². The summed E-state index contributed by atoms with van der Waals surface area (Å²) in [4.78, 5) is 45.3. The van der Waals surface area contributed by atoms with E-state index >= 15 is 0 Å². The number of ether oxygens (including phenoxy) is 2. The predicted molar refractivity (Wildman–Crippen MR) is 135 cm³/mol. The van der Waals surface area contributed by atoms with Gasteiger partial charge in [0.15, 0.2) is 0 Å². The predicted octanol–water partition coefficient (Wildman–Crippen LogP) is 2.99. The highest BCUT2D eigenvalue weighted by molar-refractivity contribution is 5.99. The summed E-state index contributed by atoms with van der Waals surface area (Å²) in [5.74, 6) is -2.37. The summed E-state index contributed by atoms with van der Waals surface area (Å²) in [5.41, 5.74) is -2.22. The first-order valence-corrected chi connectivity index (χ1v) is 13.8. The normalized spacial score (nSPS) is 35.4. The van der Waals surface area contributed by atoms with Crippen LogP contribution in [0.25, 0.3) is 0 Å². The highest BCUT2D eigenvalue weighted by Gasteiger charge is 2.75. The van der Waals surface area contributed by atoms with E-state index in [4.69, 9.17) is 14.6 Å². The lowest BCUT2D eigenvalue weighted by Crippen LogP contribution is -2.57. The van der Waals surface area contributed by atoms with Crippen molar-refractivity contribution in [3.05, 3.63) is 24.3 Å². The molecule has 8 heteroatoms. The lowest BCUT2D eigenvalue weighted by atomic mass is 9.73. The van der Waals surface area contributed by atoms with Crippen molar-refractivity contribution in [2.24, 2.45) is 11.8 Å². The number of cyclic esters (lactones) is 1. The molecule has 0 saturated carbocycles. The molecule has 1 unspecified atom stereocenters. The second-order valence-corrected chi connectivity index (χ2v) is 10.8. The first-order valence-electron chi connectivity index (χ1n) is 13.8. The van der Waals surface area contributed by atoms with Crippen molar-refractivity contribution in [3.8, 4) is 0 Å². The topological polar surface area (TPSA) is 96.4 Å². The molecule has 4 heterocycles. The summed E-state index contributed by atoms with van der Waals surface area (Å²) in [7, 11) is 0. The molecule has 200 valence electrons. The third-order valence-corrected chi connectivity index (χ3v) is 8.34. The number of allylic oxidation sites excluding steroid dienone is 1. The van der Waals surface area contributed by atoms with Gasteiger partial charge in [-0.05, 0) is 52.4 Å². The molecule has 4 aliphatic heterocycles. The molecule has 0 aliphatic carbocycles. The highest BCUT2D eigenvalue weighted by atomic mass is 16.6. The van der Waals surface area contributed by atoms with E-state index in [-0.39, 0.29) is 24.5 Å². The number of aliphatic hydroxyl groups is 1. The summed E-state index contributed by atoms with van der Waals surface area (Å²) in [5, 5.41) is 9.10. The van der Waals surface area contributed by atoms with Crippen LogP contribution in [0.5, 0.6) is 0 Å². The minimum atomic E-state index is -1.22. The first kappa shape index (κ1) is 26.9. The Morgan fingerprint density at radius 3 is 2.53 bits per heavy atom. The number of carbonyl (C=O) groups is 3. The van der Waals surface area contributed by atoms with Crippen molar-refractivity contribution >= 4 is 17.8 Å². The molecule has 0 aromatic heterocycles. The molecular weight excluding hydrogens is 460 g/mol. The molecule has 4 rings (SSSR count). The minimum absolute atomic E-state index is 0.0371. The number of aliphatic hydroxyl groups excluding tert-OH is 1. The van der Waals surface area contributed by atoms with Crippen molar-refractivity contribution < 1.29 is 29.0 Å². The number of carbonyl (C=O) groups excluding carboxylic acids is 3. The van der Waals surface area contributed by atoms with Crippen LogP contribution in [0, 0.1) is 11.8 Å². The third-order valence-electron chi connectivity index (χ3n) is 8.34. The SMILES string of the molecule is CC[C@@]12/C=C\CCCCOC(=O)[C@@H]1[C@H]1C(=O)N(CCCCCCO)C3C(=O)N(C(C)C)CC=C[C@@]31O2. The molecule has 36 heavy (non-hydrogen) atoms. The van der Waals surface area contributed by atoms with Crippen LogP contribution >= 0.6 is 0 Å². The molecule has 2 amide bonds. The molecule has 0 aromatic carbocycles. The minimum Gasteiger partial charge on any atom is -0.465 e. The number of hydrogen-bond donors (Lipinski definition) is 1. The van der Waals surface area contributed by atoms with Gasteiger partial charge in [0.1, 0.15) is 23.2 Å². The Morgan fingerprint density at radius 2 is 1.81 bits per heavy atom. The maximum atomic E-state index is 14.2. The Kier molecular flexibility index (Phi) is 8.25. The van der Waals surface area contributed by atoms with E-state index in [1.807, 2.05) is 39.0 Å². The van der Waals surface area contributed by atoms with Crippen LogP contribution in [0.2, 0.25) is 0 Å². The lowest BCUT2D eigenvalue weighted by molar-refractivity contribution is -0.161. The quantitative estimate of drug-likeness (QED) is 0.311. The molecule has 0 radical (unpaired) electrons. The molecule has 5 atom stereocenters. The van der Waals surface area contributed by atoms with Gasteiger partial charge in [-0.25, -0.2) is 0 Å². The molecule has 2 fully saturated rings.